The van der Waals surface area contributed by atoms with Gasteiger partial charge in [-0.25, -0.2) is 0 Å². The monoisotopic (exact) mass is 266 g/mol. The van der Waals surface area contributed by atoms with E-state index in [1.165, 1.54) is 22.0 Å². The van der Waals surface area contributed by atoms with Crippen LogP contribution in [0, 0.1) is 6.92 Å². The van der Waals surface area contributed by atoms with E-state index in [0.29, 0.717) is 0 Å². The Kier molecular flexibility index (Phi) is 3.12. The van der Waals surface area contributed by atoms with Crippen molar-refractivity contribution in [3.05, 3.63) is 33.9 Å². The first kappa shape index (κ1) is 10.7. The first-order valence-electron chi connectivity index (χ1n) is 5.19. The third-order valence-electron chi connectivity index (χ3n) is 2.72. The fraction of sp³-hybridized carbons (Fsp3) is 0.333. The van der Waals surface area contributed by atoms with Gasteiger partial charge in [0.15, 0.2) is 0 Å². The van der Waals surface area contributed by atoms with Gasteiger partial charge in [-0.2, -0.15) is 0 Å². The standard InChI is InChI=1S/C12H15BrN2/c1-8-4-5-10(13)11-9(3-2-6-14)7-15-12(8)11/h4-5,7,15H,2-3,6,14H2,1H3. The number of hydrogen-bond donors (Lipinski definition) is 2. The molecule has 0 saturated heterocycles. The van der Waals surface area contributed by atoms with Crippen molar-refractivity contribution in [2.45, 2.75) is 19.8 Å². The molecule has 0 amide bonds. The highest BCUT2D eigenvalue weighted by atomic mass is 79.9. The maximum Gasteiger partial charge on any atom is 0.0497 e. The lowest BCUT2D eigenvalue weighted by atomic mass is 10.1. The van der Waals surface area contributed by atoms with E-state index in [9.17, 15) is 0 Å². The van der Waals surface area contributed by atoms with Gasteiger partial charge in [0.25, 0.3) is 0 Å². The highest BCUT2D eigenvalue weighted by Gasteiger charge is 2.08. The molecule has 3 heteroatoms. The summed E-state index contributed by atoms with van der Waals surface area (Å²) in [6.45, 7) is 2.87. The number of nitrogens with one attached hydrogen (secondary N) is 1. The van der Waals surface area contributed by atoms with Crippen LogP contribution in [0.4, 0.5) is 0 Å². The van der Waals surface area contributed by atoms with Gasteiger partial charge in [0.1, 0.15) is 0 Å². The summed E-state index contributed by atoms with van der Waals surface area (Å²) in [6, 6.07) is 4.23. The zero-order valence-electron chi connectivity index (χ0n) is 8.81. The van der Waals surface area contributed by atoms with E-state index in [1.54, 1.807) is 0 Å². The molecule has 0 bridgehead atoms. The summed E-state index contributed by atoms with van der Waals surface area (Å²) in [5.74, 6) is 0. The van der Waals surface area contributed by atoms with Gasteiger partial charge >= 0.3 is 0 Å². The summed E-state index contributed by atoms with van der Waals surface area (Å²) in [5.41, 5.74) is 9.41. The molecule has 2 aromatic rings. The predicted octanol–water partition coefficient (Wildman–Crippen LogP) is 3.13. The molecule has 0 fully saturated rings. The molecule has 0 radical (unpaired) electrons. The average Bonchev–Trinajstić information content (AvgIpc) is 2.65. The second-order valence-corrected chi connectivity index (χ2v) is 4.67. The molecule has 0 atom stereocenters. The Morgan fingerprint density at radius 2 is 2.20 bits per heavy atom. The molecule has 80 valence electrons. The lowest BCUT2D eigenvalue weighted by Crippen LogP contribution is -1.99. The smallest absolute Gasteiger partial charge is 0.0497 e. The third-order valence-corrected chi connectivity index (χ3v) is 3.39. The van der Waals surface area contributed by atoms with E-state index in [1.807, 2.05) is 0 Å². The van der Waals surface area contributed by atoms with E-state index >= 15 is 0 Å². The van der Waals surface area contributed by atoms with Crippen LogP contribution >= 0.6 is 15.9 Å². The van der Waals surface area contributed by atoms with Gasteiger partial charge in [-0.3, -0.25) is 0 Å². The molecule has 15 heavy (non-hydrogen) atoms. The minimum atomic E-state index is 0.746. The van der Waals surface area contributed by atoms with Gasteiger partial charge in [-0.1, -0.05) is 22.0 Å². The quantitative estimate of drug-likeness (QED) is 0.881. The van der Waals surface area contributed by atoms with E-state index in [2.05, 4.69) is 46.2 Å². The average molecular weight is 267 g/mol. The number of fused-ring (bicyclic) bond motifs is 1. The lowest BCUT2D eigenvalue weighted by molar-refractivity contribution is 0.837. The first-order chi connectivity index (χ1) is 7.24. The Bertz CT molecular complexity index is 474. The molecule has 0 spiro atoms. The van der Waals surface area contributed by atoms with Crippen molar-refractivity contribution in [2.24, 2.45) is 5.73 Å². The Morgan fingerprint density at radius 3 is 2.93 bits per heavy atom. The van der Waals surface area contributed by atoms with Crippen LogP contribution in [0.2, 0.25) is 0 Å². The zero-order valence-corrected chi connectivity index (χ0v) is 10.4. The van der Waals surface area contributed by atoms with Crippen LogP contribution in [0.3, 0.4) is 0 Å². The fourth-order valence-corrected chi connectivity index (χ4v) is 2.49. The van der Waals surface area contributed by atoms with Crippen molar-refractivity contribution < 1.29 is 0 Å². The maximum atomic E-state index is 5.54. The molecule has 1 heterocycles. The summed E-state index contributed by atoms with van der Waals surface area (Å²) in [6.07, 6.45) is 4.17. The molecule has 2 nitrogen and oxygen atoms in total. The van der Waals surface area contributed by atoms with Gasteiger partial charge in [-0.05, 0) is 43.5 Å². The van der Waals surface area contributed by atoms with Crippen molar-refractivity contribution in [2.75, 3.05) is 6.54 Å². The molecule has 1 aromatic carbocycles. The van der Waals surface area contributed by atoms with Crippen molar-refractivity contribution in [1.82, 2.24) is 4.98 Å². The van der Waals surface area contributed by atoms with Crippen LogP contribution in [0.25, 0.3) is 10.9 Å². The number of aryl methyl sites for hydroxylation is 2. The van der Waals surface area contributed by atoms with E-state index in [0.717, 1.165) is 23.9 Å². The Morgan fingerprint density at radius 1 is 1.40 bits per heavy atom. The molecule has 0 unspecified atom stereocenters. The van der Waals surface area contributed by atoms with Gasteiger partial charge in [0.2, 0.25) is 0 Å². The third kappa shape index (κ3) is 1.94. The molecule has 1 aromatic heterocycles. The van der Waals surface area contributed by atoms with E-state index in [-0.39, 0.29) is 0 Å². The fourth-order valence-electron chi connectivity index (χ4n) is 1.90. The SMILES string of the molecule is Cc1ccc(Br)c2c(CCCN)c[nH]c12. The molecule has 0 aliphatic rings. The van der Waals surface area contributed by atoms with Gasteiger partial charge in [0, 0.05) is 21.6 Å². The topological polar surface area (TPSA) is 41.8 Å². The largest absolute Gasteiger partial charge is 0.361 e. The number of halogens is 1. The number of H-pyrrole nitrogens is 1. The van der Waals surface area contributed by atoms with Crippen molar-refractivity contribution in [1.29, 1.82) is 0 Å². The van der Waals surface area contributed by atoms with E-state index < -0.39 is 0 Å². The summed E-state index contributed by atoms with van der Waals surface area (Å²) in [7, 11) is 0. The second-order valence-electron chi connectivity index (χ2n) is 3.82. The van der Waals surface area contributed by atoms with Gasteiger partial charge in [0.05, 0.1) is 0 Å². The van der Waals surface area contributed by atoms with Crippen LogP contribution in [-0.2, 0) is 6.42 Å². The summed E-state index contributed by atoms with van der Waals surface area (Å²) < 4.78 is 1.16. The normalized spacial score (nSPS) is 11.1. The van der Waals surface area contributed by atoms with E-state index in [4.69, 9.17) is 5.73 Å². The molecular formula is C12H15BrN2. The van der Waals surface area contributed by atoms with Crippen molar-refractivity contribution >= 4 is 26.8 Å². The number of hydrogen-bond acceptors (Lipinski definition) is 1. The molecule has 0 saturated carbocycles. The maximum absolute atomic E-state index is 5.54. The summed E-state index contributed by atoms with van der Waals surface area (Å²) in [5, 5.41) is 1.31. The van der Waals surface area contributed by atoms with Crippen LogP contribution in [-0.4, -0.2) is 11.5 Å². The molecule has 3 N–H and O–H groups in total. The predicted molar refractivity (Wildman–Crippen MR) is 68.1 cm³/mol. The molecule has 2 rings (SSSR count). The minimum Gasteiger partial charge on any atom is -0.361 e. The van der Waals surface area contributed by atoms with Gasteiger partial charge < -0.3 is 10.7 Å². The summed E-state index contributed by atoms with van der Waals surface area (Å²) >= 11 is 3.60. The molecular weight excluding hydrogens is 252 g/mol. The van der Waals surface area contributed by atoms with Crippen molar-refractivity contribution in [3.8, 4) is 0 Å². The van der Waals surface area contributed by atoms with Crippen LogP contribution < -0.4 is 5.73 Å². The number of nitrogens with two attached hydrogens (primary N) is 1. The number of benzene rings is 1. The minimum absolute atomic E-state index is 0.746. The summed E-state index contributed by atoms with van der Waals surface area (Å²) in [4.78, 5) is 3.34. The lowest BCUT2D eigenvalue weighted by Gasteiger charge is -2.02. The highest BCUT2D eigenvalue weighted by Crippen LogP contribution is 2.29. The Labute approximate surface area is 98.0 Å². The van der Waals surface area contributed by atoms with Crippen LogP contribution in [0.5, 0.6) is 0 Å². The van der Waals surface area contributed by atoms with Crippen LogP contribution in [0.1, 0.15) is 17.5 Å². The Hall–Kier alpha value is -0.800. The van der Waals surface area contributed by atoms with Gasteiger partial charge in [-0.15, -0.1) is 0 Å². The first-order valence-corrected chi connectivity index (χ1v) is 5.98. The highest BCUT2D eigenvalue weighted by molar-refractivity contribution is 9.10. The van der Waals surface area contributed by atoms with Crippen LogP contribution in [0.15, 0.2) is 22.8 Å². The molecule has 0 aliphatic heterocycles. The zero-order chi connectivity index (χ0) is 10.8. The number of aromatic amines is 1. The Balaban J connectivity index is 2.53. The van der Waals surface area contributed by atoms with Crippen molar-refractivity contribution in [3.63, 3.8) is 0 Å². The number of aromatic nitrogens is 1. The molecule has 0 aliphatic carbocycles. The second kappa shape index (κ2) is 4.37. The number of rotatable bonds is 3.